The van der Waals surface area contributed by atoms with Crippen LogP contribution in [0.1, 0.15) is 34.3 Å². The Bertz CT molecular complexity index is 1300. The van der Waals surface area contributed by atoms with E-state index in [1.54, 1.807) is 35.7 Å². The fourth-order valence-electron chi connectivity index (χ4n) is 3.21. The number of ketones is 1. The maximum absolute atomic E-state index is 12.7. The number of rotatable bonds is 4. The summed E-state index contributed by atoms with van der Waals surface area (Å²) in [6.45, 7) is 1.34. The molecule has 3 aromatic rings. The second-order valence-electron chi connectivity index (χ2n) is 6.87. The third-order valence-electron chi connectivity index (χ3n) is 4.64. The number of aromatic nitrogens is 1. The topological polar surface area (TPSA) is 80.1 Å². The summed E-state index contributed by atoms with van der Waals surface area (Å²) in [5.41, 5.74) is 4.27. The minimum absolute atomic E-state index is 0.00946. The number of Topliss-reactive ketones (excluding diaryl/α,β-unsaturated/α-hetero) is 1. The summed E-state index contributed by atoms with van der Waals surface area (Å²) in [5, 5.41) is 12.0. The van der Waals surface area contributed by atoms with Gasteiger partial charge < -0.3 is 4.74 Å². The van der Waals surface area contributed by atoms with Crippen molar-refractivity contribution in [1.29, 1.82) is 5.26 Å². The highest BCUT2D eigenvalue weighted by molar-refractivity contribution is 9.10. The molecule has 31 heavy (non-hydrogen) atoms. The Labute approximate surface area is 191 Å². The van der Waals surface area contributed by atoms with Gasteiger partial charge >= 0.3 is 5.97 Å². The van der Waals surface area contributed by atoms with E-state index in [1.165, 1.54) is 18.3 Å². The molecule has 0 unspecified atom stereocenters. The Morgan fingerprint density at radius 1 is 1.26 bits per heavy atom. The Balaban J connectivity index is 1.63. The number of benzene rings is 2. The predicted octanol–water partition coefficient (Wildman–Crippen LogP) is 5.56. The zero-order valence-corrected chi connectivity index (χ0v) is 18.8. The van der Waals surface area contributed by atoms with Crippen molar-refractivity contribution in [3.63, 3.8) is 0 Å². The van der Waals surface area contributed by atoms with E-state index in [0.29, 0.717) is 34.0 Å². The van der Waals surface area contributed by atoms with Gasteiger partial charge in [-0.1, -0.05) is 34.1 Å². The average Bonchev–Trinajstić information content (AvgIpc) is 3.22. The van der Waals surface area contributed by atoms with Crippen LogP contribution in [0.5, 0.6) is 5.75 Å². The van der Waals surface area contributed by atoms with Gasteiger partial charge in [-0.2, -0.15) is 5.26 Å². The fourth-order valence-corrected chi connectivity index (χ4v) is 4.37. The van der Waals surface area contributed by atoms with E-state index in [0.717, 1.165) is 21.2 Å². The molecule has 1 aliphatic rings. The average molecular weight is 491 g/mol. The van der Waals surface area contributed by atoms with Crippen molar-refractivity contribution in [3.8, 4) is 11.8 Å². The minimum atomic E-state index is -0.391. The number of carbonyl (C=O) groups excluding carboxylic acids is 2. The van der Waals surface area contributed by atoms with Crippen LogP contribution in [-0.4, -0.2) is 16.7 Å². The highest BCUT2D eigenvalue weighted by atomic mass is 79.9. The molecule has 152 valence electrons. The molecule has 1 heterocycles. The Hall–Kier alpha value is -3.34. The van der Waals surface area contributed by atoms with Gasteiger partial charge in [0.25, 0.3) is 0 Å². The van der Waals surface area contributed by atoms with Gasteiger partial charge in [0.05, 0.1) is 11.3 Å². The van der Waals surface area contributed by atoms with Crippen LogP contribution < -0.4 is 4.74 Å². The number of hydrogen-bond acceptors (Lipinski definition) is 6. The number of fused-ring (bicyclic) bond motifs is 1. The highest BCUT2D eigenvalue weighted by Crippen LogP contribution is 2.32. The molecule has 0 amide bonds. The van der Waals surface area contributed by atoms with Gasteiger partial charge in [-0.05, 0) is 53.1 Å². The van der Waals surface area contributed by atoms with Crippen LogP contribution in [0.2, 0.25) is 0 Å². The lowest BCUT2D eigenvalue weighted by atomic mass is 9.90. The molecule has 0 radical (unpaired) electrons. The lowest BCUT2D eigenvalue weighted by Gasteiger charge is -2.14. The zero-order valence-electron chi connectivity index (χ0n) is 16.4. The molecule has 1 aliphatic carbocycles. The van der Waals surface area contributed by atoms with E-state index in [9.17, 15) is 14.9 Å². The molecule has 5 nitrogen and oxygen atoms in total. The summed E-state index contributed by atoms with van der Waals surface area (Å²) in [5.74, 6) is 0.0578. The number of hydrogen-bond donors (Lipinski definition) is 0. The first-order chi connectivity index (χ1) is 14.9. The van der Waals surface area contributed by atoms with Crippen LogP contribution in [0.3, 0.4) is 0 Å². The van der Waals surface area contributed by atoms with Crippen LogP contribution in [0.15, 0.2) is 52.3 Å². The quantitative estimate of drug-likeness (QED) is 0.271. The number of carbonyl (C=O) groups is 2. The zero-order chi connectivity index (χ0) is 22.0. The minimum Gasteiger partial charge on any atom is -0.427 e. The summed E-state index contributed by atoms with van der Waals surface area (Å²) in [6.07, 6.45) is 3.90. The number of allylic oxidation sites excluding steroid dienone is 2. The first kappa shape index (κ1) is 20.9. The van der Waals surface area contributed by atoms with E-state index in [2.05, 4.69) is 27.0 Å². The van der Waals surface area contributed by atoms with Gasteiger partial charge in [-0.15, -0.1) is 11.3 Å². The molecule has 0 spiro atoms. The van der Waals surface area contributed by atoms with E-state index < -0.39 is 5.97 Å². The van der Waals surface area contributed by atoms with Crippen molar-refractivity contribution in [1.82, 2.24) is 4.98 Å². The van der Waals surface area contributed by atoms with Crippen LogP contribution in [0, 0.1) is 11.3 Å². The molecule has 7 heteroatoms. The molecular formula is C24H15BrN2O3S. The predicted molar refractivity (Wildman–Crippen MR) is 124 cm³/mol. The van der Waals surface area contributed by atoms with Crippen LogP contribution in [0.25, 0.3) is 23.3 Å². The maximum atomic E-state index is 12.7. The van der Waals surface area contributed by atoms with Crippen molar-refractivity contribution < 1.29 is 14.3 Å². The fraction of sp³-hybridized carbons (Fsp3) is 0.0833. The van der Waals surface area contributed by atoms with Gasteiger partial charge in [-0.25, -0.2) is 4.98 Å². The molecule has 0 fully saturated rings. The lowest BCUT2D eigenvalue weighted by molar-refractivity contribution is -0.131. The summed E-state index contributed by atoms with van der Waals surface area (Å²) in [4.78, 5) is 28.3. The van der Waals surface area contributed by atoms with Gasteiger partial charge in [0.2, 0.25) is 0 Å². The van der Waals surface area contributed by atoms with E-state index in [4.69, 9.17) is 4.74 Å². The first-order valence-corrected chi connectivity index (χ1v) is 11.0. The standard InChI is InChI=1S/C24H15BrN2O3S/c1-14(28)30-20-6-2-15(3-7-20)8-18(12-26)24-27-22(13-31-24)21-10-17-9-19(25)5-4-16(17)11-23(21)29/h2-10,13H,11H2,1H3/b18-8-. The molecular weight excluding hydrogens is 476 g/mol. The number of nitriles is 1. The third kappa shape index (κ3) is 4.71. The van der Waals surface area contributed by atoms with Crippen LogP contribution >= 0.6 is 27.3 Å². The molecule has 0 atom stereocenters. The third-order valence-corrected chi connectivity index (χ3v) is 6.01. The monoisotopic (exact) mass is 490 g/mol. The lowest BCUT2D eigenvalue weighted by Crippen LogP contribution is -2.11. The summed E-state index contributed by atoms with van der Waals surface area (Å²) in [6, 6.07) is 14.9. The Kier molecular flexibility index (Phi) is 5.94. The van der Waals surface area contributed by atoms with Crippen molar-refractivity contribution in [2.75, 3.05) is 0 Å². The summed E-state index contributed by atoms with van der Waals surface area (Å²) < 4.78 is 5.97. The van der Waals surface area contributed by atoms with Gasteiger partial charge in [-0.3, -0.25) is 9.59 Å². The smallest absolute Gasteiger partial charge is 0.308 e. The number of ether oxygens (including phenoxy) is 1. The van der Waals surface area contributed by atoms with E-state index >= 15 is 0 Å². The molecule has 4 rings (SSSR count). The number of halogens is 1. The van der Waals surface area contributed by atoms with Crippen molar-refractivity contribution in [2.24, 2.45) is 0 Å². The second-order valence-corrected chi connectivity index (χ2v) is 8.65. The molecule has 0 aliphatic heterocycles. The van der Waals surface area contributed by atoms with E-state index in [1.807, 2.05) is 24.3 Å². The number of thiazole rings is 1. The summed E-state index contributed by atoms with van der Waals surface area (Å²) in [7, 11) is 0. The molecule has 2 aromatic carbocycles. The Morgan fingerprint density at radius 3 is 2.74 bits per heavy atom. The van der Waals surface area contributed by atoms with Crippen molar-refractivity contribution in [2.45, 2.75) is 13.3 Å². The Morgan fingerprint density at radius 2 is 2.03 bits per heavy atom. The normalized spacial score (nSPS) is 13.3. The molecule has 1 aromatic heterocycles. The number of esters is 1. The maximum Gasteiger partial charge on any atom is 0.308 e. The van der Waals surface area contributed by atoms with Crippen molar-refractivity contribution >= 4 is 62.3 Å². The van der Waals surface area contributed by atoms with Crippen molar-refractivity contribution in [3.05, 3.63) is 79.7 Å². The highest BCUT2D eigenvalue weighted by Gasteiger charge is 2.22. The molecule has 0 saturated carbocycles. The van der Waals surface area contributed by atoms with E-state index in [-0.39, 0.29) is 5.78 Å². The number of nitrogens with zero attached hydrogens (tertiary/aromatic N) is 2. The van der Waals surface area contributed by atoms with Gasteiger partial charge in [0.1, 0.15) is 16.8 Å². The second kappa shape index (κ2) is 8.80. The SMILES string of the molecule is CC(=O)Oc1ccc(/C=C(/C#N)c2nc(C3=Cc4cc(Br)ccc4CC3=O)cs2)cc1. The van der Waals surface area contributed by atoms with Crippen LogP contribution in [0.4, 0.5) is 0 Å². The summed E-state index contributed by atoms with van der Waals surface area (Å²) >= 11 is 4.79. The van der Waals surface area contributed by atoms with Gasteiger partial charge in [0.15, 0.2) is 5.78 Å². The molecule has 0 bridgehead atoms. The molecule has 0 saturated heterocycles. The largest absolute Gasteiger partial charge is 0.427 e. The molecule has 0 N–H and O–H groups in total. The first-order valence-electron chi connectivity index (χ1n) is 9.33. The van der Waals surface area contributed by atoms with Crippen LogP contribution in [-0.2, 0) is 16.0 Å². The van der Waals surface area contributed by atoms with Gasteiger partial charge in [0, 0.05) is 28.8 Å².